The van der Waals surface area contributed by atoms with Gasteiger partial charge in [0.1, 0.15) is 11.3 Å². The van der Waals surface area contributed by atoms with Gasteiger partial charge in [0.05, 0.1) is 12.7 Å². The first-order valence-corrected chi connectivity index (χ1v) is 10.3. The lowest BCUT2D eigenvalue weighted by Gasteiger charge is -2.33. The van der Waals surface area contributed by atoms with Crippen molar-refractivity contribution in [2.75, 3.05) is 19.7 Å². The van der Waals surface area contributed by atoms with Gasteiger partial charge in [-0.3, -0.25) is 9.69 Å². The van der Waals surface area contributed by atoms with E-state index in [1.54, 1.807) is 6.92 Å². The fourth-order valence-electron chi connectivity index (χ4n) is 4.38. The van der Waals surface area contributed by atoms with Crippen LogP contribution in [0.25, 0.3) is 0 Å². The van der Waals surface area contributed by atoms with E-state index in [9.17, 15) is 9.59 Å². The first-order chi connectivity index (χ1) is 14.0. The topological polar surface area (TPSA) is 71.8 Å². The summed E-state index contributed by atoms with van der Waals surface area (Å²) < 4.78 is 11.2. The summed E-state index contributed by atoms with van der Waals surface area (Å²) in [4.78, 5) is 27.7. The number of hydrogen-bond acceptors (Lipinski definition) is 5. The quantitative estimate of drug-likeness (QED) is 0.840. The maximum absolute atomic E-state index is 12.8. The standard InChI is InChI=1S/C23H28N2O4/c1-15-10-20(9-8-17-6-4-3-5-7-17)29-23(27)21(15)22(26)24-18-11-19-14-28-16(2)12-25(19)13-18/h3-7,10,16,18-19H,8-9,11-14H2,1-2H3,(H,24,26)/t16-,18-,19-/m0/s1. The molecule has 3 atom stereocenters. The van der Waals surface area contributed by atoms with Crippen molar-refractivity contribution in [3.8, 4) is 0 Å². The second-order valence-electron chi connectivity index (χ2n) is 8.20. The molecule has 0 bridgehead atoms. The van der Waals surface area contributed by atoms with Crippen LogP contribution in [0.4, 0.5) is 0 Å². The van der Waals surface area contributed by atoms with Crippen molar-refractivity contribution < 1.29 is 13.9 Å². The molecule has 1 amide bonds. The summed E-state index contributed by atoms with van der Waals surface area (Å²) in [6.45, 7) is 6.24. The number of nitrogens with one attached hydrogen (secondary N) is 1. The molecule has 0 unspecified atom stereocenters. The lowest BCUT2D eigenvalue weighted by atomic mass is 10.1. The number of ether oxygens (including phenoxy) is 1. The monoisotopic (exact) mass is 396 g/mol. The highest BCUT2D eigenvalue weighted by Gasteiger charge is 2.37. The molecule has 1 N–H and O–H groups in total. The highest BCUT2D eigenvalue weighted by atomic mass is 16.5. The van der Waals surface area contributed by atoms with Gasteiger partial charge in [-0.1, -0.05) is 30.3 Å². The predicted molar refractivity (Wildman–Crippen MR) is 110 cm³/mol. The molecule has 3 heterocycles. The average Bonchev–Trinajstić information content (AvgIpc) is 3.08. The Kier molecular flexibility index (Phi) is 5.83. The molecule has 1 aromatic carbocycles. The van der Waals surface area contributed by atoms with Crippen molar-refractivity contribution in [1.29, 1.82) is 0 Å². The lowest BCUT2D eigenvalue weighted by molar-refractivity contribution is -0.0390. The molecule has 2 aromatic rings. The van der Waals surface area contributed by atoms with Gasteiger partial charge < -0.3 is 14.5 Å². The van der Waals surface area contributed by atoms with E-state index in [1.807, 2.05) is 36.4 Å². The van der Waals surface area contributed by atoms with E-state index in [0.717, 1.165) is 25.9 Å². The number of carbonyl (C=O) groups is 1. The smallest absolute Gasteiger partial charge is 0.349 e. The number of rotatable bonds is 5. The fourth-order valence-corrected chi connectivity index (χ4v) is 4.38. The predicted octanol–water partition coefficient (Wildman–Crippen LogP) is 2.32. The maximum Gasteiger partial charge on any atom is 0.349 e. The minimum atomic E-state index is -0.557. The van der Waals surface area contributed by atoms with Gasteiger partial charge in [-0.15, -0.1) is 0 Å². The molecule has 29 heavy (non-hydrogen) atoms. The summed E-state index contributed by atoms with van der Waals surface area (Å²) in [5, 5.41) is 3.03. The third-order valence-corrected chi connectivity index (χ3v) is 5.86. The van der Waals surface area contributed by atoms with Crippen LogP contribution in [0.5, 0.6) is 0 Å². The minimum Gasteiger partial charge on any atom is -0.427 e. The molecule has 6 heteroatoms. The van der Waals surface area contributed by atoms with E-state index >= 15 is 0 Å². The van der Waals surface area contributed by atoms with Gasteiger partial charge in [0.25, 0.3) is 5.91 Å². The third kappa shape index (κ3) is 4.60. The summed E-state index contributed by atoms with van der Waals surface area (Å²) in [5.74, 6) is 0.265. The van der Waals surface area contributed by atoms with E-state index in [4.69, 9.17) is 9.15 Å². The lowest BCUT2D eigenvalue weighted by Crippen LogP contribution is -2.45. The van der Waals surface area contributed by atoms with E-state index in [1.165, 1.54) is 5.56 Å². The summed E-state index contributed by atoms with van der Waals surface area (Å²) in [6.07, 6.45) is 2.48. The molecular weight excluding hydrogens is 368 g/mol. The van der Waals surface area contributed by atoms with Gasteiger partial charge in [-0.2, -0.15) is 0 Å². The zero-order chi connectivity index (χ0) is 20.4. The Bertz CT molecular complexity index is 924. The highest BCUT2D eigenvalue weighted by Crippen LogP contribution is 2.23. The van der Waals surface area contributed by atoms with Crippen molar-refractivity contribution in [2.45, 2.75) is 51.3 Å². The summed E-state index contributed by atoms with van der Waals surface area (Å²) in [6, 6.07) is 12.2. The van der Waals surface area contributed by atoms with Gasteiger partial charge in [0, 0.05) is 31.6 Å². The number of carbonyl (C=O) groups excluding carboxylic acids is 1. The number of fused-ring (bicyclic) bond motifs is 1. The summed E-state index contributed by atoms with van der Waals surface area (Å²) in [5.41, 5.74) is 1.40. The molecule has 1 aromatic heterocycles. The molecular formula is C23H28N2O4. The molecule has 0 saturated carbocycles. The van der Waals surface area contributed by atoms with Crippen LogP contribution in [0.1, 0.15) is 40.6 Å². The van der Waals surface area contributed by atoms with Gasteiger partial charge in [0.15, 0.2) is 0 Å². The van der Waals surface area contributed by atoms with Gasteiger partial charge in [-0.05, 0) is 43.9 Å². The number of aryl methyl sites for hydroxylation is 3. The number of morpholine rings is 1. The molecule has 2 saturated heterocycles. The number of nitrogens with zero attached hydrogens (tertiary/aromatic N) is 1. The third-order valence-electron chi connectivity index (χ3n) is 5.86. The largest absolute Gasteiger partial charge is 0.427 e. The van der Waals surface area contributed by atoms with Crippen molar-refractivity contribution in [3.05, 3.63) is 69.3 Å². The van der Waals surface area contributed by atoms with Crippen molar-refractivity contribution in [3.63, 3.8) is 0 Å². The Labute approximate surface area is 170 Å². The molecule has 154 valence electrons. The van der Waals surface area contributed by atoms with Crippen LogP contribution >= 0.6 is 0 Å². The van der Waals surface area contributed by atoms with Crippen LogP contribution in [-0.2, 0) is 17.6 Å². The van der Waals surface area contributed by atoms with Crippen LogP contribution < -0.4 is 10.9 Å². The van der Waals surface area contributed by atoms with E-state index in [-0.39, 0.29) is 23.6 Å². The number of benzene rings is 1. The van der Waals surface area contributed by atoms with Gasteiger partial charge in [0.2, 0.25) is 0 Å². The first kappa shape index (κ1) is 19.9. The zero-order valence-electron chi connectivity index (χ0n) is 17.0. The molecule has 2 aliphatic heterocycles. The molecule has 0 aliphatic carbocycles. The maximum atomic E-state index is 12.8. The molecule has 2 aliphatic rings. The van der Waals surface area contributed by atoms with Gasteiger partial charge >= 0.3 is 5.63 Å². The van der Waals surface area contributed by atoms with Crippen LogP contribution in [0.15, 0.2) is 45.6 Å². The van der Waals surface area contributed by atoms with Gasteiger partial charge in [-0.25, -0.2) is 4.79 Å². The molecule has 0 radical (unpaired) electrons. The Morgan fingerprint density at radius 2 is 2.00 bits per heavy atom. The molecule has 6 nitrogen and oxygen atoms in total. The summed E-state index contributed by atoms with van der Waals surface area (Å²) >= 11 is 0. The summed E-state index contributed by atoms with van der Waals surface area (Å²) in [7, 11) is 0. The van der Waals surface area contributed by atoms with E-state index in [0.29, 0.717) is 30.4 Å². The second kappa shape index (κ2) is 8.51. The second-order valence-corrected chi connectivity index (χ2v) is 8.20. The Morgan fingerprint density at radius 3 is 2.76 bits per heavy atom. The molecule has 4 rings (SSSR count). The van der Waals surface area contributed by atoms with Crippen molar-refractivity contribution >= 4 is 5.91 Å². The Hall–Kier alpha value is -2.44. The molecule has 0 spiro atoms. The first-order valence-electron chi connectivity index (χ1n) is 10.3. The van der Waals surface area contributed by atoms with Crippen LogP contribution in [-0.4, -0.2) is 48.7 Å². The van der Waals surface area contributed by atoms with Crippen molar-refractivity contribution in [1.82, 2.24) is 10.2 Å². The Balaban J connectivity index is 1.40. The number of amides is 1. The van der Waals surface area contributed by atoms with E-state index in [2.05, 4.69) is 17.1 Å². The molecule has 2 fully saturated rings. The SMILES string of the molecule is Cc1cc(CCc2ccccc2)oc(=O)c1C(=O)N[C@H]1C[C@H]2CO[C@@H](C)CN2C1. The number of hydrogen-bond donors (Lipinski definition) is 1. The van der Waals surface area contributed by atoms with Crippen LogP contribution in [0, 0.1) is 6.92 Å². The fraction of sp³-hybridized carbons (Fsp3) is 0.478. The Morgan fingerprint density at radius 1 is 1.21 bits per heavy atom. The average molecular weight is 396 g/mol. The van der Waals surface area contributed by atoms with Crippen LogP contribution in [0.2, 0.25) is 0 Å². The zero-order valence-corrected chi connectivity index (χ0v) is 17.0. The minimum absolute atomic E-state index is 0.0259. The normalized spacial score (nSPS) is 24.3. The van der Waals surface area contributed by atoms with E-state index < -0.39 is 5.63 Å². The van der Waals surface area contributed by atoms with Crippen molar-refractivity contribution in [2.24, 2.45) is 0 Å². The van der Waals surface area contributed by atoms with Crippen LogP contribution in [0.3, 0.4) is 0 Å². The highest BCUT2D eigenvalue weighted by molar-refractivity contribution is 5.95.